The molecule has 1 radical (unpaired) electrons. The number of benzene rings is 3. The van der Waals surface area contributed by atoms with Gasteiger partial charge in [-0.3, -0.25) is 0 Å². The van der Waals surface area contributed by atoms with E-state index in [1.165, 1.54) is 56.0 Å². The van der Waals surface area contributed by atoms with E-state index in [1.807, 2.05) is 0 Å². The van der Waals surface area contributed by atoms with Crippen LogP contribution in [0.3, 0.4) is 0 Å². The van der Waals surface area contributed by atoms with Crippen molar-refractivity contribution in [2.45, 2.75) is 38.4 Å². The van der Waals surface area contributed by atoms with E-state index in [1.54, 1.807) is 0 Å². The lowest BCUT2D eigenvalue weighted by Gasteiger charge is -2.27. The summed E-state index contributed by atoms with van der Waals surface area (Å²) in [7, 11) is 0. The minimum absolute atomic E-state index is 0.843. The van der Waals surface area contributed by atoms with Crippen LogP contribution in [-0.2, 0) is 10.7 Å². The summed E-state index contributed by atoms with van der Waals surface area (Å²) in [5, 5.41) is 1.69. The van der Waals surface area contributed by atoms with Gasteiger partial charge in [0.25, 0.3) is 0 Å². The third kappa shape index (κ3) is 4.22. The smallest absolute Gasteiger partial charge is 0.0640 e. The number of alkyl halides is 2. The highest BCUT2D eigenvalue weighted by molar-refractivity contribution is 9.08. The van der Waals surface area contributed by atoms with Gasteiger partial charge in [-0.15, -0.1) is 0 Å². The van der Waals surface area contributed by atoms with E-state index in [4.69, 9.17) is 0 Å². The van der Waals surface area contributed by atoms with Crippen LogP contribution in [0.4, 0.5) is 0 Å². The van der Waals surface area contributed by atoms with Gasteiger partial charge in [0.05, 0.1) is 5.92 Å². The predicted octanol–water partition coefficient (Wildman–Crippen LogP) is 7.73. The molecule has 3 aromatic carbocycles. The molecule has 139 valence electrons. The van der Waals surface area contributed by atoms with Crippen LogP contribution in [0.1, 0.15) is 50.1 Å². The maximum atomic E-state index is 3.73. The van der Waals surface area contributed by atoms with E-state index < -0.39 is 0 Å². The Kier molecular flexibility index (Phi) is 6.60. The van der Waals surface area contributed by atoms with Crippen molar-refractivity contribution in [3.63, 3.8) is 0 Å². The largest absolute Gasteiger partial charge is 0.0876 e. The van der Waals surface area contributed by atoms with E-state index in [9.17, 15) is 0 Å². The molecule has 0 aliphatic rings. The number of hydrogen-bond acceptors (Lipinski definition) is 0. The molecule has 0 fully saturated rings. The van der Waals surface area contributed by atoms with Gasteiger partial charge in [0, 0.05) is 10.7 Å². The summed E-state index contributed by atoms with van der Waals surface area (Å²) in [5.41, 5.74) is 11.9. The first-order valence-electron chi connectivity index (χ1n) is 9.21. The van der Waals surface area contributed by atoms with Crippen molar-refractivity contribution in [3.8, 4) is 0 Å². The minimum Gasteiger partial charge on any atom is -0.0876 e. The Bertz CT molecular complexity index is 883. The highest BCUT2D eigenvalue weighted by Crippen LogP contribution is 2.40. The molecule has 0 aliphatic heterocycles. The molecule has 0 heterocycles. The molecule has 0 N–H and O–H groups in total. The van der Waals surface area contributed by atoms with E-state index in [-0.39, 0.29) is 0 Å². The Labute approximate surface area is 180 Å². The first kappa shape index (κ1) is 20.4. The quantitative estimate of drug-likeness (QED) is 0.256. The fourth-order valence-electron chi connectivity index (χ4n) is 4.06. The molecule has 0 bridgehead atoms. The molecule has 2 heteroatoms. The molecular formula is C25H25Br2. The molecule has 0 unspecified atom stereocenters. The second-order valence-electron chi connectivity index (χ2n) is 7.24. The van der Waals surface area contributed by atoms with Gasteiger partial charge in [-0.25, -0.2) is 0 Å². The Hall–Kier alpha value is -1.38. The Morgan fingerprint density at radius 2 is 1.11 bits per heavy atom. The van der Waals surface area contributed by atoms with Crippen molar-refractivity contribution in [2.24, 2.45) is 0 Å². The molecule has 0 spiro atoms. The second-order valence-corrected chi connectivity index (χ2v) is 8.36. The van der Waals surface area contributed by atoms with Crippen LogP contribution in [0.5, 0.6) is 0 Å². The molecule has 0 aliphatic carbocycles. The average molecular weight is 485 g/mol. The zero-order chi connectivity index (χ0) is 19.6. The number of halogens is 2. The van der Waals surface area contributed by atoms with Crippen LogP contribution in [-0.4, -0.2) is 0 Å². The van der Waals surface area contributed by atoms with Crippen LogP contribution in [0, 0.1) is 33.6 Å². The molecule has 3 aromatic rings. The fourth-order valence-corrected chi connectivity index (χ4v) is 4.94. The first-order chi connectivity index (χ1) is 13.0. The lowest BCUT2D eigenvalue weighted by Crippen LogP contribution is -2.13. The standard InChI is InChI=1S/C25H25Br2/c1-16-10-18(3)23(21(12-16)14-26)25(20-8-6-5-7-9-20)24-19(4)11-17(2)13-22(24)15-27/h5-13H,14-15H2,1-4H3. The number of rotatable bonds is 5. The van der Waals surface area contributed by atoms with E-state index in [2.05, 4.69) is 114 Å². The molecule has 3 rings (SSSR count). The van der Waals surface area contributed by atoms with E-state index in [0.717, 1.165) is 10.7 Å². The lowest BCUT2D eigenvalue weighted by molar-refractivity contribution is 1.10. The second kappa shape index (κ2) is 8.75. The monoisotopic (exact) mass is 483 g/mol. The fraction of sp³-hybridized carbons (Fsp3) is 0.240. The van der Waals surface area contributed by atoms with Gasteiger partial charge >= 0.3 is 0 Å². The van der Waals surface area contributed by atoms with Crippen molar-refractivity contribution in [1.82, 2.24) is 0 Å². The Balaban J connectivity index is 2.38. The van der Waals surface area contributed by atoms with Crippen LogP contribution >= 0.6 is 31.9 Å². The predicted molar refractivity (Wildman–Crippen MR) is 124 cm³/mol. The van der Waals surface area contributed by atoms with E-state index in [0.29, 0.717) is 0 Å². The van der Waals surface area contributed by atoms with Crippen molar-refractivity contribution < 1.29 is 0 Å². The molecule has 0 saturated carbocycles. The topological polar surface area (TPSA) is 0 Å². The summed E-state index contributed by atoms with van der Waals surface area (Å²) in [6.45, 7) is 8.81. The molecule has 0 atom stereocenters. The van der Waals surface area contributed by atoms with Crippen molar-refractivity contribution in [2.75, 3.05) is 0 Å². The molecule has 0 saturated heterocycles. The summed E-state index contributed by atoms with van der Waals surface area (Å²) in [6.07, 6.45) is 0. The van der Waals surface area contributed by atoms with Gasteiger partial charge in [-0.05, 0) is 66.6 Å². The third-order valence-corrected chi connectivity index (χ3v) is 6.18. The normalized spacial score (nSPS) is 11.2. The van der Waals surface area contributed by atoms with Crippen molar-refractivity contribution >= 4 is 31.9 Å². The van der Waals surface area contributed by atoms with Crippen LogP contribution < -0.4 is 0 Å². The summed E-state index contributed by atoms with van der Waals surface area (Å²) in [5.74, 6) is 1.33. The summed E-state index contributed by atoms with van der Waals surface area (Å²) >= 11 is 7.47. The number of hydrogen-bond donors (Lipinski definition) is 0. The third-order valence-electron chi connectivity index (χ3n) is 4.97. The zero-order valence-corrected chi connectivity index (χ0v) is 19.5. The molecule has 0 aromatic heterocycles. The van der Waals surface area contributed by atoms with Gasteiger partial charge in [0.15, 0.2) is 0 Å². The number of aryl methyl sites for hydroxylation is 4. The first-order valence-corrected chi connectivity index (χ1v) is 11.5. The Morgan fingerprint density at radius 1 is 0.667 bits per heavy atom. The molecule has 0 nitrogen and oxygen atoms in total. The molecular weight excluding hydrogens is 460 g/mol. The van der Waals surface area contributed by atoms with Gasteiger partial charge < -0.3 is 0 Å². The highest BCUT2D eigenvalue weighted by atomic mass is 79.9. The van der Waals surface area contributed by atoms with Gasteiger partial charge in [-0.2, -0.15) is 0 Å². The van der Waals surface area contributed by atoms with Gasteiger partial charge in [-0.1, -0.05) is 97.6 Å². The summed E-state index contributed by atoms with van der Waals surface area (Å²) < 4.78 is 0. The SMILES string of the molecule is Cc1cc(C)c([C](c2ccccc2)c2c(C)cc(C)cc2CBr)c(CBr)c1. The van der Waals surface area contributed by atoms with Crippen LogP contribution in [0.2, 0.25) is 0 Å². The van der Waals surface area contributed by atoms with Crippen LogP contribution in [0.15, 0.2) is 54.6 Å². The van der Waals surface area contributed by atoms with Gasteiger partial charge in [0.1, 0.15) is 0 Å². The molecule has 0 amide bonds. The van der Waals surface area contributed by atoms with Gasteiger partial charge in [0.2, 0.25) is 0 Å². The zero-order valence-electron chi connectivity index (χ0n) is 16.4. The average Bonchev–Trinajstić information content (AvgIpc) is 2.64. The Morgan fingerprint density at radius 3 is 1.52 bits per heavy atom. The van der Waals surface area contributed by atoms with Crippen molar-refractivity contribution in [3.05, 3.63) is 111 Å². The van der Waals surface area contributed by atoms with Crippen LogP contribution in [0.25, 0.3) is 0 Å². The lowest BCUT2D eigenvalue weighted by atomic mass is 9.77. The van der Waals surface area contributed by atoms with Crippen molar-refractivity contribution in [1.29, 1.82) is 0 Å². The minimum atomic E-state index is 0.843. The maximum Gasteiger partial charge on any atom is 0.0640 e. The molecule has 27 heavy (non-hydrogen) atoms. The maximum absolute atomic E-state index is 3.73. The summed E-state index contributed by atoms with van der Waals surface area (Å²) in [4.78, 5) is 0. The summed E-state index contributed by atoms with van der Waals surface area (Å²) in [6, 6.07) is 20.0. The van der Waals surface area contributed by atoms with E-state index >= 15 is 0 Å². The highest BCUT2D eigenvalue weighted by Gasteiger charge is 2.26.